The first-order chi connectivity index (χ1) is 14.8. The van der Waals surface area contributed by atoms with Crippen LogP contribution in [0, 0.1) is 13.8 Å². The predicted molar refractivity (Wildman–Crippen MR) is 118 cm³/mol. The highest BCUT2D eigenvalue weighted by Crippen LogP contribution is 2.20. The molecule has 0 saturated carbocycles. The Balaban J connectivity index is 2.11. The molecule has 0 atom stereocenters. The molecule has 1 amide bonds. The summed E-state index contributed by atoms with van der Waals surface area (Å²) >= 11 is 1.22. The van der Waals surface area contributed by atoms with Crippen LogP contribution in [0.25, 0.3) is 10.2 Å². The lowest BCUT2D eigenvalue weighted by Gasteiger charge is -2.06. The third kappa shape index (κ3) is 5.08. The molecule has 0 spiro atoms. The Morgan fingerprint density at radius 3 is 2.32 bits per heavy atom. The number of nitrogens with zero attached hydrogens (tertiary/aromatic N) is 2. The van der Waals surface area contributed by atoms with Gasteiger partial charge in [0.2, 0.25) is 0 Å². The first-order valence-electron chi connectivity index (χ1n) is 9.96. The first kappa shape index (κ1) is 22.4. The minimum atomic E-state index is -0.434. The first-order valence-corrected chi connectivity index (χ1v) is 10.8. The molecule has 0 saturated heterocycles. The minimum Gasteiger partial charge on any atom is -0.465 e. The van der Waals surface area contributed by atoms with Gasteiger partial charge in [-0.3, -0.25) is 9.59 Å². The SMILES string of the molecule is CCOC(=O)Cn1c(=NC(=O)c2ccc(C)c(C)c2)sc2cc(C(=O)OCC)ccc21. The quantitative estimate of drug-likeness (QED) is 0.544. The fourth-order valence-electron chi connectivity index (χ4n) is 3.01. The number of thiazole rings is 1. The van der Waals surface area contributed by atoms with E-state index in [1.807, 2.05) is 19.9 Å². The fourth-order valence-corrected chi connectivity index (χ4v) is 4.08. The molecule has 3 rings (SSSR count). The van der Waals surface area contributed by atoms with Gasteiger partial charge in [-0.05, 0) is 69.2 Å². The number of rotatable bonds is 6. The second-order valence-corrected chi connectivity index (χ2v) is 7.90. The largest absolute Gasteiger partial charge is 0.465 e. The molecule has 0 bridgehead atoms. The molecule has 1 aromatic heterocycles. The van der Waals surface area contributed by atoms with Gasteiger partial charge in [0.25, 0.3) is 5.91 Å². The summed E-state index contributed by atoms with van der Waals surface area (Å²) in [7, 11) is 0. The van der Waals surface area contributed by atoms with E-state index < -0.39 is 17.8 Å². The molecule has 0 aliphatic rings. The van der Waals surface area contributed by atoms with Crippen LogP contribution in [0.4, 0.5) is 0 Å². The Morgan fingerprint density at radius 2 is 1.65 bits per heavy atom. The molecule has 0 radical (unpaired) electrons. The summed E-state index contributed by atoms with van der Waals surface area (Å²) in [5, 5.41) is 0. The van der Waals surface area contributed by atoms with E-state index in [2.05, 4.69) is 4.99 Å². The van der Waals surface area contributed by atoms with Crippen LogP contribution in [0.15, 0.2) is 41.4 Å². The number of esters is 2. The Kier molecular flexibility index (Phi) is 7.02. The zero-order chi connectivity index (χ0) is 22.5. The van der Waals surface area contributed by atoms with E-state index in [0.717, 1.165) is 11.1 Å². The highest BCUT2D eigenvalue weighted by atomic mass is 32.1. The number of benzene rings is 2. The second-order valence-electron chi connectivity index (χ2n) is 6.89. The van der Waals surface area contributed by atoms with Crippen molar-refractivity contribution in [3.63, 3.8) is 0 Å². The van der Waals surface area contributed by atoms with Crippen molar-refractivity contribution in [2.75, 3.05) is 13.2 Å². The Hall–Kier alpha value is -3.26. The molecule has 31 heavy (non-hydrogen) atoms. The van der Waals surface area contributed by atoms with Gasteiger partial charge in [-0.2, -0.15) is 4.99 Å². The molecule has 0 unspecified atom stereocenters. The number of hydrogen-bond donors (Lipinski definition) is 0. The fraction of sp³-hybridized carbons (Fsp3) is 0.304. The maximum atomic E-state index is 12.8. The number of aryl methyl sites for hydroxylation is 2. The zero-order valence-corrected chi connectivity index (χ0v) is 18.7. The van der Waals surface area contributed by atoms with E-state index in [4.69, 9.17) is 9.47 Å². The van der Waals surface area contributed by atoms with Gasteiger partial charge < -0.3 is 14.0 Å². The maximum absolute atomic E-state index is 12.8. The number of carbonyl (C=O) groups is 3. The van der Waals surface area contributed by atoms with Gasteiger partial charge in [-0.25, -0.2) is 4.79 Å². The average Bonchev–Trinajstić information content (AvgIpc) is 3.06. The van der Waals surface area contributed by atoms with Gasteiger partial charge in [-0.15, -0.1) is 0 Å². The molecule has 2 aromatic carbocycles. The minimum absolute atomic E-state index is 0.0916. The molecule has 7 nitrogen and oxygen atoms in total. The third-order valence-electron chi connectivity index (χ3n) is 4.74. The summed E-state index contributed by atoms with van der Waals surface area (Å²) in [4.78, 5) is 41.7. The van der Waals surface area contributed by atoms with Crippen molar-refractivity contribution in [2.45, 2.75) is 34.2 Å². The summed E-state index contributed by atoms with van der Waals surface area (Å²) in [6, 6.07) is 10.4. The van der Waals surface area contributed by atoms with Gasteiger partial charge >= 0.3 is 11.9 Å². The molecule has 0 aliphatic carbocycles. The van der Waals surface area contributed by atoms with Crippen molar-refractivity contribution >= 4 is 39.4 Å². The topological polar surface area (TPSA) is 87.0 Å². The van der Waals surface area contributed by atoms with E-state index in [1.165, 1.54) is 11.3 Å². The lowest BCUT2D eigenvalue weighted by atomic mass is 10.1. The van der Waals surface area contributed by atoms with Crippen LogP contribution in [0.2, 0.25) is 0 Å². The molecule has 1 heterocycles. The van der Waals surface area contributed by atoms with Crippen LogP contribution in [0.1, 0.15) is 45.7 Å². The Morgan fingerprint density at radius 1 is 0.935 bits per heavy atom. The molecule has 0 fully saturated rings. The third-order valence-corrected chi connectivity index (χ3v) is 5.78. The van der Waals surface area contributed by atoms with Crippen LogP contribution >= 0.6 is 11.3 Å². The highest BCUT2D eigenvalue weighted by molar-refractivity contribution is 7.16. The van der Waals surface area contributed by atoms with Crippen LogP contribution in [0.3, 0.4) is 0 Å². The second kappa shape index (κ2) is 9.70. The number of ether oxygens (including phenoxy) is 2. The van der Waals surface area contributed by atoms with Crippen molar-refractivity contribution in [2.24, 2.45) is 4.99 Å². The average molecular weight is 441 g/mol. The number of aromatic nitrogens is 1. The lowest BCUT2D eigenvalue weighted by Crippen LogP contribution is -2.23. The molecular weight excluding hydrogens is 416 g/mol. The normalized spacial score (nSPS) is 11.5. The van der Waals surface area contributed by atoms with Gasteiger partial charge in [0.15, 0.2) is 4.80 Å². The molecular formula is C23H24N2O5S. The molecule has 0 aliphatic heterocycles. The van der Waals surface area contributed by atoms with Gasteiger partial charge in [-0.1, -0.05) is 17.4 Å². The summed E-state index contributed by atoms with van der Waals surface area (Å²) in [6.45, 7) is 7.81. The summed E-state index contributed by atoms with van der Waals surface area (Å²) in [6.07, 6.45) is 0. The van der Waals surface area contributed by atoms with Crippen LogP contribution in [-0.4, -0.2) is 35.6 Å². The van der Waals surface area contributed by atoms with Crippen molar-refractivity contribution < 1.29 is 23.9 Å². The van der Waals surface area contributed by atoms with Crippen molar-refractivity contribution in [3.8, 4) is 0 Å². The maximum Gasteiger partial charge on any atom is 0.338 e. The van der Waals surface area contributed by atoms with Crippen LogP contribution in [-0.2, 0) is 20.8 Å². The van der Waals surface area contributed by atoms with Crippen LogP contribution < -0.4 is 4.80 Å². The molecule has 0 N–H and O–H groups in total. The van der Waals surface area contributed by atoms with E-state index in [0.29, 0.717) is 26.1 Å². The summed E-state index contributed by atoms with van der Waals surface area (Å²) < 4.78 is 12.5. The van der Waals surface area contributed by atoms with Gasteiger partial charge in [0.05, 0.1) is 29.0 Å². The van der Waals surface area contributed by atoms with Gasteiger partial charge in [0, 0.05) is 5.56 Å². The van der Waals surface area contributed by atoms with Crippen molar-refractivity contribution in [3.05, 3.63) is 63.5 Å². The lowest BCUT2D eigenvalue weighted by molar-refractivity contribution is -0.143. The number of fused-ring (bicyclic) bond motifs is 1. The Labute approximate surface area is 183 Å². The zero-order valence-electron chi connectivity index (χ0n) is 17.9. The summed E-state index contributed by atoms with van der Waals surface area (Å²) in [5.74, 6) is -1.27. The predicted octanol–water partition coefficient (Wildman–Crippen LogP) is 3.80. The number of amides is 1. The van der Waals surface area contributed by atoms with E-state index >= 15 is 0 Å². The monoisotopic (exact) mass is 440 g/mol. The molecule has 162 valence electrons. The van der Waals surface area contributed by atoms with Crippen molar-refractivity contribution in [1.29, 1.82) is 0 Å². The van der Waals surface area contributed by atoms with Crippen LogP contribution in [0.5, 0.6) is 0 Å². The van der Waals surface area contributed by atoms with Gasteiger partial charge in [0.1, 0.15) is 6.54 Å². The summed E-state index contributed by atoms with van der Waals surface area (Å²) in [5.41, 5.74) is 3.62. The van der Waals surface area contributed by atoms with E-state index in [9.17, 15) is 14.4 Å². The van der Waals surface area contributed by atoms with Crippen molar-refractivity contribution in [1.82, 2.24) is 4.57 Å². The Bertz CT molecular complexity index is 1220. The van der Waals surface area contributed by atoms with E-state index in [-0.39, 0.29) is 19.8 Å². The smallest absolute Gasteiger partial charge is 0.338 e. The molecule has 8 heteroatoms. The standard InChI is InChI=1S/C23H24N2O5S/c1-5-29-20(26)13-25-18-10-9-17(22(28)30-6-2)12-19(18)31-23(25)24-21(27)16-8-7-14(3)15(4)11-16/h7-12H,5-6,13H2,1-4H3. The number of carbonyl (C=O) groups excluding carboxylic acids is 3. The highest BCUT2D eigenvalue weighted by Gasteiger charge is 2.15. The number of hydrogen-bond acceptors (Lipinski definition) is 6. The van der Waals surface area contributed by atoms with E-state index in [1.54, 1.807) is 48.7 Å². The molecule has 3 aromatic rings.